The van der Waals surface area contributed by atoms with Crippen LogP contribution >= 0.6 is 11.5 Å². The standard InChI is InChI=1S/C11H21N5O2S/c1-8(12)6-4-5-7-16(2)11(17)14-10-13-9(18-3)15-19-10/h8H,4-7,12H2,1-3H3,(H,13,14,15,17). The van der Waals surface area contributed by atoms with Gasteiger partial charge in [-0.2, -0.15) is 4.98 Å². The van der Waals surface area contributed by atoms with Crippen molar-refractivity contribution in [2.24, 2.45) is 5.73 Å². The lowest BCUT2D eigenvalue weighted by Gasteiger charge is -2.16. The third kappa shape index (κ3) is 5.84. The van der Waals surface area contributed by atoms with Crippen LogP contribution in [0.1, 0.15) is 26.2 Å². The highest BCUT2D eigenvalue weighted by Gasteiger charge is 2.11. The largest absolute Gasteiger partial charge is 0.466 e. The van der Waals surface area contributed by atoms with E-state index in [-0.39, 0.29) is 18.1 Å². The van der Waals surface area contributed by atoms with Crippen molar-refractivity contribution in [1.82, 2.24) is 14.3 Å². The Morgan fingerprint density at radius 3 is 2.89 bits per heavy atom. The van der Waals surface area contributed by atoms with E-state index in [2.05, 4.69) is 14.7 Å². The minimum absolute atomic E-state index is 0.195. The Kier molecular flexibility index (Phi) is 6.51. The molecule has 0 aliphatic carbocycles. The Morgan fingerprint density at radius 1 is 1.58 bits per heavy atom. The van der Waals surface area contributed by atoms with Crippen LogP contribution in [0.15, 0.2) is 0 Å². The van der Waals surface area contributed by atoms with Crippen LogP contribution in [-0.4, -0.2) is 47.0 Å². The molecule has 7 nitrogen and oxygen atoms in total. The monoisotopic (exact) mass is 287 g/mol. The number of aromatic nitrogens is 2. The highest BCUT2D eigenvalue weighted by atomic mass is 32.1. The number of urea groups is 1. The number of carbonyl (C=O) groups is 1. The van der Waals surface area contributed by atoms with E-state index in [0.717, 1.165) is 30.8 Å². The third-order valence-corrected chi connectivity index (χ3v) is 3.17. The first-order valence-corrected chi connectivity index (χ1v) is 6.95. The normalized spacial score (nSPS) is 12.0. The molecule has 0 aliphatic rings. The molecule has 3 N–H and O–H groups in total. The van der Waals surface area contributed by atoms with Crippen molar-refractivity contribution in [1.29, 1.82) is 0 Å². The van der Waals surface area contributed by atoms with Crippen molar-refractivity contribution in [2.75, 3.05) is 26.0 Å². The lowest BCUT2D eigenvalue weighted by Crippen LogP contribution is -2.32. The molecule has 0 aliphatic heterocycles. The molecule has 8 heteroatoms. The molecule has 1 rings (SSSR count). The first kappa shape index (κ1) is 15.6. The molecule has 1 atom stereocenters. The predicted molar refractivity (Wildman–Crippen MR) is 75.6 cm³/mol. The van der Waals surface area contributed by atoms with Gasteiger partial charge in [-0.15, -0.1) is 4.37 Å². The topological polar surface area (TPSA) is 93.4 Å². The van der Waals surface area contributed by atoms with Crippen molar-refractivity contribution in [3.05, 3.63) is 0 Å². The SMILES string of the molecule is COc1nsc(NC(=O)N(C)CCCCC(C)N)n1. The number of nitrogens with one attached hydrogen (secondary N) is 1. The van der Waals surface area contributed by atoms with Crippen LogP contribution in [0.5, 0.6) is 6.01 Å². The summed E-state index contributed by atoms with van der Waals surface area (Å²) in [6.07, 6.45) is 2.93. The molecule has 1 heterocycles. The summed E-state index contributed by atoms with van der Waals surface area (Å²) in [4.78, 5) is 17.4. The van der Waals surface area contributed by atoms with E-state index in [0.29, 0.717) is 11.7 Å². The van der Waals surface area contributed by atoms with Gasteiger partial charge >= 0.3 is 12.0 Å². The van der Waals surface area contributed by atoms with Gasteiger partial charge in [0.05, 0.1) is 7.11 Å². The summed E-state index contributed by atoms with van der Waals surface area (Å²) in [5.74, 6) is 0. The van der Waals surface area contributed by atoms with Gasteiger partial charge in [0.2, 0.25) is 5.13 Å². The van der Waals surface area contributed by atoms with E-state index < -0.39 is 0 Å². The van der Waals surface area contributed by atoms with Crippen LogP contribution in [0.4, 0.5) is 9.93 Å². The Hall–Kier alpha value is -1.41. The zero-order valence-electron chi connectivity index (χ0n) is 11.5. The van der Waals surface area contributed by atoms with Gasteiger partial charge in [0.15, 0.2) is 0 Å². The van der Waals surface area contributed by atoms with Gasteiger partial charge in [-0.05, 0) is 19.8 Å². The lowest BCUT2D eigenvalue weighted by molar-refractivity contribution is 0.221. The molecule has 19 heavy (non-hydrogen) atoms. The minimum atomic E-state index is -0.195. The van der Waals surface area contributed by atoms with Crippen molar-refractivity contribution < 1.29 is 9.53 Å². The summed E-state index contributed by atoms with van der Waals surface area (Å²) in [5, 5.41) is 3.11. The second-order valence-corrected chi connectivity index (χ2v) is 5.16. The number of hydrogen-bond donors (Lipinski definition) is 2. The second-order valence-electron chi connectivity index (χ2n) is 4.41. The maximum Gasteiger partial charge on any atom is 0.329 e. The van der Waals surface area contributed by atoms with Gasteiger partial charge in [-0.1, -0.05) is 6.42 Å². The Bertz CT molecular complexity index is 396. The molecule has 1 unspecified atom stereocenters. The summed E-state index contributed by atoms with van der Waals surface area (Å²) in [6.45, 7) is 2.67. The molecule has 0 spiro atoms. The maximum absolute atomic E-state index is 11.8. The number of methoxy groups -OCH3 is 1. The van der Waals surface area contributed by atoms with Crippen molar-refractivity contribution in [3.8, 4) is 6.01 Å². The number of ether oxygens (including phenoxy) is 1. The highest BCUT2D eigenvalue weighted by molar-refractivity contribution is 7.10. The molecule has 108 valence electrons. The first-order valence-electron chi connectivity index (χ1n) is 6.18. The summed E-state index contributed by atoms with van der Waals surface area (Å²) in [7, 11) is 3.23. The molecule has 0 aromatic carbocycles. The number of carbonyl (C=O) groups excluding carboxylic acids is 1. The van der Waals surface area contributed by atoms with Crippen molar-refractivity contribution in [2.45, 2.75) is 32.2 Å². The Morgan fingerprint density at radius 2 is 2.32 bits per heavy atom. The maximum atomic E-state index is 11.8. The highest BCUT2D eigenvalue weighted by Crippen LogP contribution is 2.15. The number of anilines is 1. The molecular weight excluding hydrogens is 266 g/mol. The van der Waals surface area contributed by atoms with E-state index in [4.69, 9.17) is 10.5 Å². The van der Waals surface area contributed by atoms with Crippen LogP contribution in [0.3, 0.4) is 0 Å². The van der Waals surface area contributed by atoms with Crippen LogP contribution < -0.4 is 15.8 Å². The predicted octanol–water partition coefficient (Wildman–Crippen LogP) is 1.53. The molecule has 1 aromatic rings. The van der Waals surface area contributed by atoms with Crippen molar-refractivity contribution >= 4 is 22.7 Å². The number of hydrogen-bond acceptors (Lipinski definition) is 6. The molecule has 0 radical (unpaired) electrons. The average molecular weight is 287 g/mol. The summed E-state index contributed by atoms with van der Waals surface area (Å²) in [5.41, 5.74) is 5.67. The molecule has 1 aromatic heterocycles. The minimum Gasteiger partial charge on any atom is -0.466 e. The van der Waals surface area contributed by atoms with Crippen LogP contribution in [0, 0.1) is 0 Å². The van der Waals surface area contributed by atoms with Gasteiger partial charge in [-0.25, -0.2) is 4.79 Å². The van der Waals surface area contributed by atoms with E-state index in [1.54, 1.807) is 11.9 Å². The molecule has 0 saturated heterocycles. The summed E-state index contributed by atoms with van der Waals surface area (Å²) < 4.78 is 8.75. The van der Waals surface area contributed by atoms with Crippen LogP contribution in [0.2, 0.25) is 0 Å². The fourth-order valence-corrected chi connectivity index (χ4v) is 1.98. The Labute approximate surface area is 117 Å². The second kappa shape index (κ2) is 7.90. The van der Waals surface area contributed by atoms with Crippen LogP contribution in [-0.2, 0) is 0 Å². The summed E-state index contributed by atoms with van der Waals surface area (Å²) >= 11 is 1.09. The van der Waals surface area contributed by atoms with Crippen LogP contribution in [0.25, 0.3) is 0 Å². The number of unbranched alkanes of at least 4 members (excludes halogenated alkanes) is 1. The van der Waals surface area contributed by atoms with Gasteiger partial charge in [-0.3, -0.25) is 5.32 Å². The van der Waals surface area contributed by atoms with Gasteiger partial charge in [0.1, 0.15) is 0 Å². The third-order valence-electron chi connectivity index (χ3n) is 2.55. The van der Waals surface area contributed by atoms with E-state index in [9.17, 15) is 4.79 Å². The number of rotatable bonds is 7. The van der Waals surface area contributed by atoms with Gasteiger partial charge in [0, 0.05) is 31.2 Å². The van der Waals surface area contributed by atoms with E-state index >= 15 is 0 Å². The first-order chi connectivity index (χ1) is 9.02. The fraction of sp³-hybridized carbons (Fsp3) is 0.727. The molecule has 0 fully saturated rings. The Balaban J connectivity index is 2.28. The van der Waals surface area contributed by atoms with E-state index in [1.807, 2.05) is 6.92 Å². The zero-order valence-corrected chi connectivity index (χ0v) is 12.4. The molecule has 2 amide bonds. The zero-order chi connectivity index (χ0) is 14.3. The molecule has 0 bridgehead atoms. The molecule has 0 saturated carbocycles. The fourth-order valence-electron chi connectivity index (χ4n) is 1.45. The number of nitrogens with two attached hydrogens (primary N) is 1. The number of nitrogens with zero attached hydrogens (tertiary/aromatic N) is 3. The smallest absolute Gasteiger partial charge is 0.329 e. The van der Waals surface area contributed by atoms with E-state index in [1.165, 1.54) is 7.11 Å². The molecular formula is C11H21N5O2S. The lowest BCUT2D eigenvalue weighted by atomic mass is 10.1. The van der Waals surface area contributed by atoms with Gasteiger partial charge in [0.25, 0.3) is 0 Å². The van der Waals surface area contributed by atoms with Crippen molar-refractivity contribution in [3.63, 3.8) is 0 Å². The quantitative estimate of drug-likeness (QED) is 0.742. The average Bonchev–Trinajstić information content (AvgIpc) is 2.81. The summed E-state index contributed by atoms with van der Waals surface area (Å²) in [6, 6.07) is 0.285. The number of amides is 2. The van der Waals surface area contributed by atoms with Gasteiger partial charge < -0.3 is 15.4 Å².